The van der Waals surface area contributed by atoms with Crippen LogP contribution >= 0.6 is 11.6 Å². The van der Waals surface area contributed by atoms with Crippen LogP contribution in [0.25, 0.3) is 0 Å². The van der Waals surface area contributed by atoms with Crippen molar-refractivity contribution in [2.45, 2.75) is 44.2 Å². The Hall–Kier alpha value is -1.73. The van der Waals surface area contributed by atoms with Crippen LogP contribution in [-0.4, -0.2) is 37.7 Å². The van der Waals surface area contributed by atoms with Gasteiger partial charge in [-0.25, -0.2) is 8.78 Å². The summed E-state index contributed by atoms with van der Waals surface area (Å²) in [7, 11) is 1.46. The third-order valence-electron chi connectivity index (χ3n) is 5.07. The molecule has 7 heteroatoms. The van der Waals surface area contributed by atoms with Crippen LogP contribution in [0, 0.1) is 5.82 Å². The number of rotatable bonds is 7. The Kier molecular flexibility index (Phi) is 7.11. The molecule has 1 aliphatic rings. The van der Waals surface area contributed by atoms with Crippen molar-refractivity contribution in [1.82, 2.24) is 0 Å². The van der Waals surface area contributed by atoms with Gasteiger partial charge in [0.15, 0.2) is 17.4 Å². The van der Waals surface area contributed by atoms with Crippen molar-refractivity contribution < 1.29 is 28.1 Å². The first-order valence-corrected chi connectivity index (χ1v) is 9.95. The zero-order chi connectivity index (χ0) is 21.0. The van der Waals surface area contributed by atoms with E-state index >= 15 is 0 Å². The minimum Gasteiger partial charge on any atom is -0.491 e. The van der Waals surface area contributed by atoms with Crippen molar-refractivity contribution in [2.75, 3.05) is 20.4 Å². The van der Waals surface area contributed by atoms with Gasteiger partial charge in [-0.1, -0.05) is 23.7 Å². The number of alkyl halides is 1. The van der Waals surface area contributed by atoms with Crippen molar-refractivity contribution in [2.24, 2.45) is 0 Å². The maximum atomic E-state index is 14.2. The molecule has 0 saturated carbocycles. The highest BCUT2D eigenvalue weighted by Gasteiger charge is 2.43. The summed E-state index contributed by atoms with van der Waals surface area (Å²) in [6.07, 6.45) is -0.723. The molecular formula is C22H25ClF2O4. The Morgan fingerprint density at radius 2 is 2.07 bits per heavy atom. The van der Waals surface area contributed by atoms with Gasteiger partial charge in [0.05, 0.1) is 18.8 Å². The molecule has 1 N–H and O–H groups in total. The molecule has 1 heterocycles. The molecule has 2 aromatic rings. The first kappa shape index (κ1) is 22.0. The molecule has 0 spiro atoms. The van der Waals surface area contributed by atoms with E-state index < -0.39 is 30.5 Å². The van der Waals surface area contributed by atoms with Crippen molar-refractivity contribution in [3.05, 3.63) is 63.9 Å². The fraction of sp³-hybridized carbons (Fsp3) is 0.455. The molecule has 0 aliphatic carbocycles. The Balaban J connectivity index is 1.90. The van der Waals surface area contributed by atoms with Crippen LogP contribution in [0.1, 0.15) is 36.5 Å². The van der Waals surface area contributed by atoms with E-state index in [9.17, 15) is 13.9 Å². The Morgan fingerprint density at radius 1 is 1.28 bits per heavy atom. The van der Waals surface area contributed by atoms with Crippen LogP contribution in [0.3, 0.4) is 0 Å². The summed E-state index contributed by atoms with van der Waals surface area (Å²) < 4.78 is 44.1. The lowest BCUT2D eigenvalue weighted by Crippen LogP contribution is -2.46. The number of aliphatic hydroxyl groups is 1. The van der Waals surface area contributed by atoms with Gasteiger partial charge < -0.3 is 19.3 Å². The van der Waals surface area contributed by atoms with E-state index in [0.717, 1.165) is 11.1 Å². The second-order valence-corrected chi connectivity index (χ2v) is 7.53. The second-order valence-electron chi connectivity index (χ2n) is 7.13. The predicted octanol–water partition coefficient (Wildman–Crippen LogP) is 4.78. The molecule has 1 aliphatic heterocycles. The van der Waals surface area contributed by atoms with Crippen LogP contribution in [-0.2, 0) is 21.7 Å². The van der Waals surface area contributed by atoms with E-state index in [1.54, 1.807) is 37.3 Å². The van der Waals surface area contributed by atoms with Gasteiger partial charge in [-0.05, 0) is 48.7 Å². The minimum absolute atomic E-state index is 0.179. The average molecular weight is 427 g/mol. The number of aliphatic hydroxyl groups excluding tert-OH is 1. The first-order chi connectivity index (χ1) is 13.9. The summed E-state index contributed by atoms with van der Waals surface area (Å²) in [4.78, 5) is 0. The van der Waals surface area contributed by atoms with Crippen LogP contribution in [0.5, 0.6) is 5.75 Å². The molecule has 2 aromatic carbocycles. The predicted molar refractivity (Wildman–Crippen MR) is 107 cm³/mol. The zero-order valence-electron chi connectivity index (χ0n) is 16.5. The van der Waals surface area contributed by atoms with E-state index in [0.29, 0.717) is 23.6 Å². The van der Waals surface area contributed by atoms with Crippen LogP contribution in [0.15, 0.2) is 36.4 Å². The van der Waals surface area contributed by atoms with Gasteiger partial charge in [0, 0.05) is 30.5 Å². The highest BCUT2D eigenvalue weighted by atomic mass is 35.5. The lowest BCUT2D eigenvalue weighted by atomic mass is 9.91. The second kappa shape index (κ2) is 9.39. The quantitative estimate of drug-likeness (QED) is 0.692. The normalized spacial score (nSPS) is 24.5. The molecule has 0 radical (unpaired) electrons. The third-order valence-corrected chi connectivity index (χ3v) is 5.44. The highest BCUT2D eigenvalue weighted by molar-refractivity contribution is 6.31. The molecule has 29 heavy (non-hydrogen) atoms. The first-order valence-electron chi connectivity index (χ1n) is 9.58. The summed E-state index contributed by atoms with van der Waals surface area (Å²) >= 11 is 6.37. The molecule has 0 amide bonds. The average Bonchev–Trinajstić information content (AvgIpc) is 2.71. The van der Waals surface area contributed by atoms with E-state index in [-0.39, 0.29) is 18.6 Å². The number of benzene rings is 2. The highest BCUT2D eigenvalue weighted by Crippen LogP contribution is 2.40. The Morgan fingerprint density at radius 3 is 2.72 bits per heavy atom. The Bertz CT molecular complexity index is 848. The topological polar surface area (TPSA) is 47.9 Å². The third kappa shape index (κ3) is 4.89. The molecule has 2 unspecified atom stereocenters. The van der Waals surface area contributed by atoms with Gasteiger partial charge >= 0.3 is 0 Å². The zero-order valence-corrected chi connectivity index (χ0v) is 17.2. The van der Waals surface area contributed by atoms with Gasteiger partial charge in [-0.2, -0.15) is 0 Å². The lowest BCUT2D eigenvalue weighted by molar-refractivity contribution is -0.296. The Labute approximate surface area is 174 Å². The molecule has 4 nitrogen and oxygen atoms in total. The fourth-order valence-electron chi connectivity index (χ4n) is 3.69. The molecule has 3 rings (SSSR count). The molecule has 0 bridgehead atoms. The number of halogens is 3. The maximum absolute atomic E-state index is 14.2. The fourth-order valence-corrected chi connectivity index (χ4v) is 3.87. The van der Waals surface area contributed by atoms with Crippen molar-refractivity contribution >= 4 is 11.6 Å². The van der Waals surface area contributed by atoms with Crippen LogP contribution in [0.4, 0.5) is 8.78 Å². The van der Waals surface area contributed by atoms with Crippen LogP contribution in [0.2, 0.25) is 5.02 Å². The SMILES string of the molecule is CCOc1ccc(Cc2cc([C@@]3(OC)CC(O)CC(CF)O3)ccc2Cl)cc1F. The van der Waals surface area contributed by atoms with Crippen molar-refractivity contribution in [3.63, 3.8) is 0 Å². The summed E-state index contributed by atoms with van der Waals surface area (Å²) in [6, 6.07) is 10.0. The van der Waals surface area contributed by atoms with E-state index in [4.69, 9.17) is 25.8 Å². The molecular weight excluding hydrogens is 402 g/mol. The van der Waals surface area contributed by atoms with Crippen molar-refractivity contribution in [1.29, 1.82) is 0 Å². The molecule has 1 fully saturated rings. The summed E-state index contributed by atoms with van der Waals surface area (Å²) in [5.74, 6) is -1.50. The van der Waals surface area contributed by atoms with E-state index in [2.05, 4.69) is 0 Å². The monoisotopic (exact) mass is 426 g/mol. The van der Waals surface area contributed by atoms with Gasteiger partial charge in [0.1, 0.15) is 6.67 Å². The number of ether oxygens (including phenoxy) is 3. The van der Waals surface area contributed by atoms with Crippen LogP contribution < -0.4 is 4.74 Å². The molecule has 3 atom stereocenters. The molecule has 0 aromatic heterocycles. The summed E-state index contributed by atoms with van der Waals surface area (Å²) in [6.45, 7) is 1.46. The van der Waals surface area contributed by atoms with Gasteiger partial charge in [0.25, 0.3) is 0 Å². The molecule has 1 saturated heterocycles. The lowest BCUT2D eigenvalue weighted by Gasteiger charge is -2.42. The standard InChI is InChI=1S/C22H25ClF2O4/c1-3-28-21-7-4-14(9-20(21)25)8-15-10-16(5-6-19(15)23)22(27-2)12-17(26)11-18(13-24)29-22/h4-7,9-10,17-18,26H,3,8,11-13H2,1-2H3/t17?,18?,22-/m1/s1. The maximum Gasteiger partial charge on any atom is 0.197 e. The smallest absolute Gasteiger partial charge is 0.197 e. The van der Waals surface area contributed by atoms with Gasteiger partial charge in [-0.3, -0.25) is 0 Å². The number of hydrogen-bond donors (Lipinski definition) is 1. The number of hydrogen-bond acceptors (Lipinski definition) is 4. The summed E-state index contributed by atoms with van der Waals surface area (Å²) in [5, 5.41) is 10.7. The molecule has 158 valence electrons. The number of methoxy groups -OCH3 is 1. The van der Waals surface area contributed by atoms with E-state index in [1.165, 1.54) is 13.2 Å². The van der Waals surface area contributed by atoms with Gasteiger partial charge in [-0.15, -0.1) is 0 Å². The summed E-state index contributed by atoms with van der Waals surface area (Å²) in [5.41, 5.74) is 2.09. The largest absolute Gasteiger partial charge is 0.491 e. The van der Waals surface area contributed by atoms with Gasteiger partial charge in [0.2, 0.25) is 0 Å². The van der Waals surface area contributed by atoms with E-state index in [1.807, 2.05) is 0 Å². The van der Waals surface area contributed by atoms with Crippen molar-refractivity contribution in [3.8, 4) is 5.75 Å². The minimum atomic E-state index is -1.27.